The molecule has 0 aliphatic heterocycles. The fraction of sp³-hybridized carbons (Fsp3) is 0.458. The first-order chi connectivity index (χ1) is 26.2. The number of esters is 2. The van der Waals surface area contributed by atoms with E-state index in [1.807, 2.05) is 37.3 Å². The molecule has 0 unspecified atom stereocenters. The predicted molar refractivity (Wildman–Crippen MR) is 226 cm³/mol. The lowest BCUT2D eigenvalue weighted by Crippen LogP contribution is -2.35. The number of rotatable bonds is 18. The van der Waals surface area contributed by atoms with E-state index in [1.165, 1.54) is 11.1 Å². The summed E-state index contributed by atoms with van der Waals surface area (Å²) >= 11 is 0. The summed E-state index contributed by atoms with van der Waals surface area (Å²) in [5.41, 5.74) is 7.71. The van der Waals surface area contributed by atoms with Gasteiger partial charge in [0.2, 0.25) is 0 Å². The minimum Gasteiger partial charge on any atom is -0.481 e. The Bertz CT molecular complexity index is 1780. The van der Waals surface area contributed by atoms with Gasteiger partial charge in [-0.1, -0.05) is 146 Å². The van der Waals surface area contributed by atoms with Crippen molar-refractivity contribution >= 4 is 23.9 Å². The van der Waals surface area contributed by atoms with Gasteiger partial charge in [-0.05, 0) is 76.9 Å². The summed E-state index contributed by atoms with van der Waals surface area (Å²) in [6.07, 6.45) is 31.9. The van der Waals surface area contributed by atoms with Crippen LogP contribution in [0, 0.1) is 16.7 Å². The molecule has 0 fully saturated rings. The second-order valence-electron chi connectivity index (χ2n) is 16.4. The topological polar surface area (TPSA) is 127 Å². The number of carbonyl (C=O) groups is 4. The van der Waals surface area contributed by atoms with Crippen LogP contribution < -0.4 is 0 Å². The lowest BCUT2D eigenvalue weighted by atomic mass is 9.67. The van der Waals surface area contributed by atoms with E-state index in [4.69, 9.17) is 19.7 Å². The summed E-state index contributed by atoms with van der Waals surface area (Å²) in [6.45, 7) is 21.0. The highest BCUT2D eigenvalue weighted by atomic mass is 16.5. The third-order valence-corrected chi connectivity index (χ3v) is 9.97. The largest absolute Gasteiger partial charge is 0.481 e. The number of allylic oxidation sites excluding steroid dienone is 20. The van der Waals surface area contributed by atoms with E-state index in [0.717, 1.165) is 27.9 Å². The highest BCUT2D eigenvalue weighted by Gasteiger charge is 2.37. The van der Waals surface area contributed by atoms with Crippen LogP contribution in [-0.2, 0) is 28.7 Å². The van der Waals surface area contributed by atoms with Crippen molar-refractivity contribution in [2.75, 3.05) is 0 Å². The first-order valence-corrected chi connectivity index (χ1v) is 19.5. The van der Waals surface area contributed by atoms with Crippen molar-refractivity contribution in [1.29, 1.82) is 0 Å². The number of carboxylic acids is 2. The Labute approximate surface area is 335 Å². The van der Waals surface area contributed by atoms with Gasteiger partial charge in [-0.15, -0.1) is 0 Å². The van der Waals surface area contributed by atoms with Gasteiger partial charge in [0.05, 0.1) is 25.7 Å². The molecule has 0 radical (unpaired) electrons. The zero-order chi connectivity index (χ0) is 42.1. The first-order valence-electron chi connectivity index (χ1n) is 19.5. The molecule has 2 aliphatic carbocycles. The molecular formula is C48H64O8. The van der Waals surface area contributed by atoms with Crippen LogP contribution in [-0.4, -0.2) is 46.3 Å². The second kappa shape index (κ2) is 22.5. The second-order valence-corrected chi connectivity index (χ2v) is 16.4. The molecular weight excluding hydrogens is 705 g/mol. The van der Waals surface area contributed by atoms with E-state index >= 15 is 0 Å². The van der Waals surface area contributed by atoms with Crippen LogP contribution in [0.25, 0.3) is 0 Å². The monoisotopic (exact) mass is 768 g/mol. The molecule has 0 amide bonds. The molecule has 0 bridgehead atoms. The van der Waals surface area contributed by atoms with E-state index in [1.54, 1.807) is 0 Å². The molecule has 0 aromatic rings. The summed E-state index contributed by atoms with van der Waals surface area (Å²) in [5, 5.41) is 17.6. The Kier molecular flexibility index (Phi) is 19.0. The van der Waals surface area contributed by atoms with E-state index in [0.29, 0.717) is 19.3 Å². The molecule has 8 heteroatoms. The number of hydrogen-bond donors (Lipinski definition) is 2. The minimum atomic E-state index is -1.01. The molecule has 0 aromatic heterocycles. The Morgan fingerprint density at radius 1 is 0.679 bits per heavy atom. The smallest absolute Gasteiger partial charge is 0.306 e. The summed E-state index contributed by atoms with van der Waals surface area (Å²) in [6, 6.07) is 0. The molecule has 2 rings (SSSR count). The van der Waals surface area contributed by atoms with Crippen molar-refractivity contribution in [3.8, 4) is 0 Å². The maximum atomic E-state index is 12.1. The standard InChI is InChI=1S/C48H64O8/c1-33(17-13-19-35(3)21-23-41-37(5)29-39(31-47(41,7)8)55-45(53)27-25-43(49)50)15-11-12-16-34(2)18-14-20-36(4)22-24-42-38(6)30-40(32-48(42,9)10)56-46(54)28-26-44(51)52/h11-24,29,39-41H,25-28,30-32H2,1-10H3,(H,49,50)(H,51,52)/b12-11+,17-13+,18-14+,23-21+,24-22+,33-15+,34-16+,35-19+,36-20+/t39-,40+,41-/m0/s1. The van der Waals surface area contributed by atoms with Crippen LogP contribution in [0.1, 0.15) is 114 Å². The zero-order valence-electron chi connectivity index (χ0n) is 35.2. The molecule has 0 aromatic carbocycles. The van der Waals surface area contributed by atoms with Crippen molar-refractivity contribution in [3.05, 3.63) is 130 Å². The Hall–Kier alpha value is -4.98. The fourth-order valence-electron chi connectivity index (χ4n) is 7.13. The van der Waals surface area contributed by atoms with E-state index in [9.17, 15) is 19.2 Å². The number of hydrogen-bond acceptors (Lipinski definition) is 6. The van der Waals surface area contributed by atoms with Crippen LogP contribution in [0.2, 0.25) is 0 Å². The quantitative estimate of drug-likeness (QED) is 0.0801. The SMILES string of the molecule is CC1=C[C@H](OC(=O)CCC(=O)O)CC(C)(C)[C@H]1/C=C/C(C)=C/C=C/C(C)=C/C=C/C=C(C)/C=C/C=C(C)/C=C/C1=C(C)C[C@@H](OC(=O)CCC(=O)O)CC1(C)C. The number of aliphatic carboxylic acids is 2. The van der Waals surface area contributed by atoms with Crippen molar-refractivity contribution < 1.29 is 38.9 Å². The van der Waals surface area contributed by atoms with Gasteiger partial charge in [0.1, 0.15) is 12.2 Å². The van der Waals surface area contributed by atoms with Gasteiger partial charge in [0.25, 0.3) is 0 Å². The molecule has 3 atom stereocenters. The Balaban J connectivity index is 1.91. The van der Waals surface area contributed by atoms with Gasteiger partial charge in [0.15, 0.2) is 0 Å². The number of ether oxygens (including phenoxy) is 2. The minimum absolute atomic E-state index is 0.107. The number of carboxylic acid groups (broad SMARTS) is 2. The van der Waals surface area contributed by atoms with Gasteiger partial charge >= 0.3 is 23.9 Å². The third kappa shape index (κ3) is 17.7. The Morgan fingerprint density at radius 3 is 1.66 bits per heavy atom. The van der Waals surface area contributed by atoms with Crippen molar-refractivity contribution in [1.82, 2.24) is 0 Å². The van der Waals surface area contributed by atoms with E-state index < -0.39 is 23.9 Å². The summed E-state index contributed by atoms with van der Waals surface area (Å²) < 4.78 is 11.1. The van der Waals surface area contributed by atoms with Crippen LogP contribution in [0.3, 0.4) is 0 Å². The number of carbonyl (C=O) groups excluding carboxylic acids is 2. The molecule has 0 saturated carbocycles. The van der Waals surface area contributed by atoms with E-state index in [-0.39, 0.29) is 54.6 Å². The maximum absolute atomic E-state index is 12.1. The highest BCUT2D eigenvalue weighted by molar-refractivity contribution is 5.77. The van der Waals surface area contributed by atoms with Gasteiger partial charge in [-0.3, -0.25) is 19.2 Å². The normalized spacial score (nSPS) is 22.5. The molecule has 8 nitrogen and oxygen atoms in total. The molecule has 0 saturated heterocycles. The van der Waals surface area contributed by atoms with Gasteiger partial charge in [0, 0.05) is 12.3 Å². The maximum Gasteiger partial charge on any atom is 0.306 e. The lowest BCUT2D eigenvalue weighted by Gasteiger charge is -2.39. The van der Waals surface area contributed by atoms with Gasteiger partial charge in [-0.2, -0.15) is 0 Å². The Morgan fingerprint density at radius 2 is 1.16 bits per heavy atom. The molecule has 304 valence electrons. The van der Waals surface area contributed by atoms with Crippen LogP contribution in [0.4, 0.5) is 0 Å². The molecule has 0 spiro atoms. The lowest BCUT2D eigenvalue weighted by molar-refractivity contribution is -0.153. The van der Waals surface area contributed by atoms with Crippen molar-refractivity contribution in [2.45, 2.75) is 126 Å². The van der Waals surface area contributed by atoms with E-state index in [2.05, 4.69) is 123 Å². The van der Waals surface area contributed by atoms with Crippen molar-refractivity contribution in [2.24, 2.45) is 16.7 Å². The molecule has 2 N–H and O–H groups in total. The van der Waals surface area contributed by atoms with Gasteiger partial charge < -0.3 is 19.7 Å². The average Bonchev–Trinajstić information content (AvgIpc) is 3.07. The van der Waals surface area contributed by atoms with Crippen LogP contribution in [0.15, 0.2) is 130 Å². The molecule has 0 heterocycles. The average molecular weight is 769 g/mol. The summed E-state index contributed by atoms with van der Waals surface area (Å²) in [7, 11) is 0. The zero-order valence-corrected chi connectivity index (χ0v) is 35.2. The first kappa shape index (κ1) is 47.2. The van der Waals surface area contributed by atoms with Crippen LogP contribution >= 0.6 is 0 Å². The summed E-state index contributed by atoms with van der Waals surface area (Å²) in [4.78, 5) is 45.7. The fourth-order valence-corrected chi connectivity index (χ4v) is 7.13. The third-order valence-electron chi connectivity index (χ3n) is 9.97. The molecule has 56 heavy (non-hydrogen) atoms. The van der Waals surface area contributed by atoms with Gasteiger partial charge in [-0.25, -0.2) is 0 Å². The van der Waals surface area contributed by atoms with Crippen molar-refractivity contribution in [3.63, 3.8) is 0 Å². The van der Waals surface area contributed by atoms with Crippen LogP contribution in [0.5, 0.6) is 0 Å². The highest BCUT2D eigenvalue weighted by Crippen LogP contribution is 2.43. The summed E-state index contributed by atoms with van der Waals surface area (Å²) in [5.74, 6) is -2.75. The predicted octanol–water partition coefficient (Wildman–Crippen LogP) is 11.2. The molecule has 2 aliphatic rings.